The summed E-state index contributed by atoms with van der Waals surface area (Å²) in [7, 11) is 0. The van der Waals surface area contributed by atoms with Crippen molar-refractivity contribution >= 4 is 5.91 Å². The summed E-state index contributed by atoms with van der Waals surface area (Å²) in [6.45, 7) is 3.33. The molecule has 2 N–H and O–H groups in total. The molecule has 0 unspecified atom stereocenters. The highest BCUT2D eigenvalue weighted by molar-refractivity contribution is 5.80. The van der Waals surface area contributed by atoms with Gasteiger partial charge in [0.15, 0.2) is 11.6 Å². The number of carbonyl (C=O) groups is 1. The van der Waals surface area contributed by atoms with Crippen LogP contribution in [0.1, 0.15) is 19.4 Å². The van der Waals surface area contributed by atoms with Crippen molar-refractivity contribution in [1.29, 1.82) is 0 Å². The number of rotatable bonds is 3. The van der Waals surface area contributed by atoms with Gasteiger partial charge in [-0.2, -0.15) is 0 Å². The zero-order valence-corrected chi connectivity index (χ0v) is 8.68. The molecule has 0 aliphatic carbocycles. The van der Waals surface area contributed by atoms with Crippen molar-refractivity contribution in [3.63, 3.8) is 0 Å². The van der Waals surface area contributed by atoms with E-state index >= 15 is 0 Å². The van der Waals surface area contributed by atoms with E-state index in [-0.39, 0.29) is 0 Å². The van der Waals surface area contributed by atoms with Crippen molar-refractivity contribution in [3.05, 3.63) is 35.4 Å². The Labute approximate surface area is 87.1 Å². The van der Waals surface area contributed by atoms with Gasteiger partial charge in [-0.1, -0.05) is 19.9 Å². The van der Waals surface area contributed by atoms with Crippen molar-refractivity contribution in [3.8, 4) is 0 Å². The van der Waals surface area contributed by atoms with Crippen LogP contribution in [0, 0.1) is 17.0 Å². The fourth-order valence-electron chi connectivity index (χ4n) is 1.25. The number of hydrogen-bond acceptors (Lipinski definition) is 1. The second-order valence-corrected chi connectivity index (χ2v) is 4.17. The van der Waals surface area contributed by atoms with Crippen LogP contribution in [-0.4, -0.2) is 5.91 Å². The second-order valence-electron chi connectivity index (χ2n) is 4.17. The van der Waals surface area contributed by atoms with Crippen LogP contribution in [0.3, 0.4) is 0 Å². The van der Waals surface area contributed by atoms with Crippen molar-refractivity contribution in [2.24, 2.45) is 11.1 Å². The molecule has 1 rings (SSSR count). The van der Waals surface area contributed by atoms with Gasteiger partial charge in [-0.05, 0) is 24.1 Å². The third-order valence-electron chi connectivity index (χ3n) is 2.30. The van der Waals surface area contributed by atoms with E-state index in [4.69, 9.17) is 5.73 Å². The largest absolute Gasteiger partial charge is 0.369 e. The molecule has 1 aromatic carbocycles. The summed E-state index contributed by atoms with van der Waals surface area (Å²) in [4.78, 5) is 11.0. The van der Waals surface area contributed by atoms with E-state index in [1.54, 1.807) is 13.8 Å². The van der Waals surface area contributed by atoms with Crippen LogP contribution < -0.4 is 5.73 Å². The molecule has 0 heterocycles. The first-order chi connectivity index (χ1) is 6.83. The van der Waals surface area contributed by atoms with E-state index in [9.17, 15) is 13.6 Å². The molecule has 0 aliphatic heterocycles. The predicted molar refractivity (Wildman–Crippen MR) is 53.0 cm³/mol. The molecular formula is C11H13F2NO. The van der Waals surface area contributed by atoms with Crippen LogP contribution in [0.5, 0.6) is 0 Å². The molecule has 0 atom stereocenters. The zero-order valence-electron chi connectivity index (χ0n) is 8.68. The molecule has 0 saturated carbocycles. The van der Waals surface area contributed by atoms with Crippen LogP contribution in [0.4, 0.5) is 8.78 Å². The van der Waals surface area contributed by atoms with Gasteiger partial charge in [0.2, 0.25) is 5.91 Å². The van der Waals surface area contributed by atoms with E-state index in [1.807, 2.05) is 0 Å². The Hall–Kier alpha value is -1.45. The Bertz CT molecular complexity index is 388. The number of carbonyl (C=O) groups excluding carboxylic acids is 1. The highest BCUT2D eigenvalue weighted by atomic mass is 19.2. The third-order valence-corrected chi connectivity index (χ3v) is 2.30. The van der Waals surface area contributed by atoms with E-state index in [2.05, 4.69) is 0 Å². The van der Waals surface area contributed by atoms with Crippen molar-refractivity contribution in [1.82, 2.24) is 0 Å². The smallest absolute Gasteiger partial charge is 0.223 e. The van der Waals surface area contributed by atoms with Gasteiger partial charge in [0.1, 0.15) is 0 Å². The second kappa shape index (κ2) is 3.96. The first-order valence-electron chi connectivity index (χ1n) is 4.57. The summed E-state index contributed by atoms with van der Waals surface area (Å²) < 4.78 is 25.5. The zero-order chi connectivity index (χ0) is 11.6. The fourth-order valence-corrected chi connectivity index (χ4v) is 1.25. The van der Waals surface area contributed by atoms with Gasteiger partial charge >= 0.3 is 0 Å². The van der Waals surface area contributed by atoms with Crippen LogP contribution in [0.2, 0.25) is 0 Å². The Morgan fingerprint density at radius 1 is 1.33 bits per heavy atom. The molecule has 0 bridgehead atoms. The summed E-state index contributed by atoms with van der Waals surface area (Å²) in [6.07, 6.45) is 0.291. The predicted octanol–water partition coefficient (Wildman–Crippen LogP) is 2.02. The van der Waals surface area contributed by atoms with E-state index in [1.165, 1.54) is 6.07 Å². The average molecular weight is 213 g/mol. The molecule has 2 nitrogen and oxygen atoms in total. The monoisotopic (exact) mass is 213 g/mol. The van der Waals surface area contributed by atoms with Crippen molar-refractivity contribution < 1.29 is 13.6 Å². The van der Waals surface area contributed by atoms with Gasteiger partial charge in [-0.15, -0.1) is 0 Å². The quantitative estimate of drug-likeness (QED) is 0.820. The molecule has 0 radical (unpaired) electrons. The van der Waals surface area contributed by atoms with Gasteiger partial charge < -0.3 is 5.73 Å². The molecule has 1 amide bonds. The summed E-state index contributed by atoms with van der Waals surface area (Å²) in [5.41, 5.74) is 4.97. The number of benzene rings is 1. The standard InChI is InChI=1S/C11H13F2NO/c1-11(2,10(14)15)6-7-3-4-8(12)9(13)5-7/h3-5H,6H2,1-2H3,(H2,14,15). The van der Waals surface area contributed by atoms with E-state index < -0.39 is 23.0 Å². The third kappa shape index (κ3) is 2.75. The number of hydrogen-bond donors (Lipinski definition) is 1. The lowest BCUT2D eigenvalue weighted by Crippen LogP contribution is -2.33. The molecule has 0 aliphatic rings. The SMILES string of the molecule is CC(C)(Cc1ccc(F)c(F)c1)C(N)=O. The maximum Gasteiger partial charge on any atom is 0.223 e. The molecule has 4 heteroatoms. The van der Waals surface area contributed by atoms with Crippen LogP contribution in [0.25, 0.3) is 0 Å². The summed E-state index contributed by atoms with van der Waals surface area (Å²) >= 11 is 0. The molecule has 0 aromatic heterocycles. The average Bonchev–Trinajstić information content (AvgIpc) is 2.10. The Balaban J connectivity index is 2.91. The molecule has 15 heavy (non-hydrogen) atoms. The molecule has 0 saturated heterocycles. The first-order valence-corrected chi connectivity index (χ1v) is 4.57. The van der Waals surface area contributed by atoms with Crippen molar-refractivity contribution in [2.45, 2.75) is 20.3 Å². The molecule has 0 fully saturated rings. The number of primary amides is 1. The van der Waals surface area contributed by atoms with Gasteiger partial charge in [0, 0.05) is 5.41 Å². The number of nitrogens with two attached hydrogens (primary N) is 1. The highest BCUT2D eigenvalue weighted by Crippen LogP contribution is 2.22. The van der Waals surface area contributed by atoms with Crippen LogP contribution >= 0.6 is 0 Å². The number of amides is 1. The minimum absolute atomic E-state index is 0.291. The van der Waals surface area contributed by atoms with Gasteiger partial charge in [-0.3, -0.25) is 4.79 Å². The molecule has 1 aromatic rings. The lowest BCUT2D eigenvalue weighted by Gasteiger charge is -2.20. The number of halogens is 2. The lowest BCUT2D eigenvalue weighted by molar-refractivity contribution is -0.125. The first kappa shape index (κ1) is 11.6. The molecule has 82 valence electrons. The summed E-state index contributed by atoms with van der Waals surface area (Å²) in [5.74, 6) is -2.27. The van der Waals surface area contributed by atoms with E-state index in [0.717, 1.165) is 12.1 Å². The molecule has 0 spiro atoms. The van der Waals surface area contributed by atoms with Gasteiger partial charge in [0.25, 0.3) is 0 Å². The normalized spacial score (nSPS) is 11.5. The Morgan fingerprint density at radius 3 is 2.40 bits per heavy atom. The minimum Gasteiger partial charge on any atom is -0.369 e. The van der Waals surface area contributed by atoms with Gasteiger partial charge in [0.05, 0.1) is 0 Å². The summed E-state index contributed by atoms with van der Waals surface area (Å²) in [5, 5.41) is 0. The van der Waals surface area contributed by atoms with Crippen LogP contribution in [-0.2, 0) is 11.2 Å². The van der Waals surface area contributed by atoms with Crippen LogP contribution in [0.15, 0.2) is 18.2 Å². The fraction of sp³-hybridized carbons (Fsp3) is 0.364. The lowest BCUT2D eigenvalue weighted by atomic mass is 9.85. The topological polar surface area (TPSA) is 43.1 Å². The highest BCUT2D eigenvalue weighted by Gasteiger charge is 2.25. The van der Waals surface area contributed by atoms with Gasteiger partial charge in [-0.25, -0.2) is 8.78 Å². The maximum absolute atomic E-state index is 12.9. The molecular weight excluding hydrogens is 200 g/mol. The minimum atomic E-state index is -0.909. The van der Waals surface area contributed by atoms with E-state index in [0.29, 0.717) is 12.0 Å². The van der Waals surface area contributed by atoms with Crippen molar-refractivity contribution in [2.75, 3.05) is 0 Å². The maximum atomic E-state index is 12.9. The Morgan fingerprint density at radius 2 is 1.93 bits per heavy atom. The Kier molecular flexibility index (Phi) is 3.07. The summed E-state index contributed by atoms with van der Waals surface area (Å²) in [6, 6.07) is 3.57.